The van der Waals surface area contributed by atoms with E-state index in [0.717, 1.165) is 39.1 Å². The number of aliphatic hydroxyl groups is 1. The quantitative estimate of drug-likeness (QED) is 0.760. The Bertz CT molecular complexity index is 327. The van der Waals surface area contributed by atoms with Crippen LogP contribution >= 0.6 is 0 Å². The van der Waals surface area contributed by atoms with Crippen LogP contribution in [0.2, 0.25) is 0 Å². The van der Waals surface area contributed by atoms with Gasteiger partial charge in [0.15, 0.2) is 0 Å². The van der Waals surface area contributed by atoms with Gasteiger partial charge in [-0.3, -0.25) is 4.90 Å². The molecule has 0 aromatic heterocycles. The first-order valence-electron chi connectivity index (χ1n) is 7.14. The fourth-order valence-electron chi connectivity index (χ4n) is 4.35. The Morgan fingerprint density at radius 2 is 1.83 bits per heavy atom. The summed E-state index contributed by atoms with van der Waals surface area (Å²) >= 11 is 0. The zero-order valence-electron chi connectivity index (χ0n) is 11.7. The molecule has 2 bridgehead atoms. The van der Waals surface area contributed by atoms with Crippen LogP contribution in [0.25, 0.3) is 0 Å². The largest absolute Gasteiger partial charge is 0.391 e. The maximum atomic E-state index is 10.7. The molecule has 0 spiro atoms. The maximum absolute atomic E-state index is 10.7. The van der Waals surface area contributed by atoms with E-state index in [1.165, 1.54) is 0 Å². The van der Waals surface area contributed by atoms with Crippen LogP contribution in [-0.2, 0) is 9.47 Å². The van der Waals surface area contributed by atoms with Crippen molar-refractivity contribution in [3.63, 3.8) is 0 Å². The Morgan fingerprint density at radius 3 is 2.39 bits per heavy atom. The summed E-state index contributed by atoms with van der Waals surface area (Å²) in [7, 11) is 0. The number of hydrogen-bond donors (Lipinski definition) is 1. The van der Waals surface area contributed by atoms with Crippen LogP contribution in [0.5, 0.6) is 0 Å². The molecule has 3 heterocycles. The van der Waals surface area contributed by atoms with Gasteiger partial charge in [0.05, 0.1) is 36.6 Å². The van der Waals surface area contributed by atoms with Gasteiger partial charge < -0.3 is 14.6 Å². The van der Waals surface area contributed by atoms with Crippen molar-refractivity contribution >= 4 is 0 Å². The third-order valence-corrected chi connectivity index (χ3v) is 5.14. The monoisotopic (exact) mass is 255 g/mol. The van der Waals surface area contributed by atoms with E-state index in [4.69, 9.17) is 9.47 Å². The van der Waals surface area contributed by atoms with E-state index in [-0.39, 0.29) is 29.3 Å². The minimum absolute atomic E-state index is 0.133. The first-order valence-corrected chi connectivity index (χ1v) is 7.14. The highest BCUT2D eigenvalue weighted by Gasteiger charge is 2.60. The third kappa shape index (κ3) is 1.82. The molecular formula is C14H25NO3. The summed E-state index contributed by atoms with van der Waals surface area (Å²) in [6, 6.07) is 0.133. The average molecular weight is 255 g/mol. The standard InChI is InChI=1S/C14H25NO3/c1-13(2)10-4-5-14(3,18-13)12(11(10)16)15-6-8-17-9-7-15/h10-12,16H,4-9H2,1-3H3/t10-,11+,12+,14+/m0/s1. The molecule has 4 heteroatoms. The van der Waals surface area contributed by atoms with E-state index < -0.39 is 0 Å². The van der Waals surface area contributed by atoms with Crippen molar-refractivity contribution in [2.45, 2.75) is 57.0 Å². The summed E-state index contributed by atoms with van der Waals surface area (Å²) < 4.78 is 11.8. The number of hydrogen-bond acceptors (Lipinski definition) is 4. The molecule has 0 amide bonds. The van der Waals surface area contributed by atoms with Crippen molar-refractivity contribution in [2.24, 2.45) is 5.92 Å². The van der Waals surface area contributed by atoms with Gasteiger partial charge in [0, 0.05) is 19.0 Å². The fraction of sp³-hybridized carbons (Fsp3) is 1.00. The predicted octanol–water partition coefficient (Wildman–Crippen LogP) is 1.03. The Labute approximate surface area is 109 Å². The molecule has 4 fully saturated rings. The van der Waals surface area contributed by atoms with Crippen LogP contribution in [0.15, 0.2) is 0 Å². The Morgan fingerprint density at radius 1 is 1.17 bits per heavy atom. The van der Waals surface area contributed by atoms with Gasteiger partial charge in [0.2, 0.25) is 0 Å². The molecule has 4 atom stereocenters. The van der Waals surface area contributed by atoms with Crippen LogP contribution < -0.4 is 0 Å². The molecule has 0 unspecified atom stereocenters. The topological polar surface area (TPSA) is 41.9 Å². The summed E-state index contributed by atoms with van der Waals surface area (Å²) in [6.07, 6.45) is 1.86. The molecule has 3 aliphatic heterocycles. The molecule has 3 saturated heterocycles. The van der Waals surface area contributed by atoms with E-state index in [0.29, 0.717) is 0 Å². The molecule has 1 aliphatic carbocycles. The SMILES string of the molecule is CC1(C)O[C@]2(C)CC[C@H]1[C@@H](O)[C@H]2N1CCOCC1. The molecule has 0 radical (unpaired) electrons. The molecule has 4 aliphatic rings. The molecule has 4 nitrogen and oxygen atoms in total. The highest BCUT2D eigenvalue weighted by atomic mass is 16.5. The normalized spacial score (nSPS) is 48.3. The van der Waals surface area contributed by atoms with Gasteiger partial charge >= 0.3 is 0 Å². The Balaban J connectivity index is 1.87. The lowest BCUT2D eigenvalue weighted by Gasteiger charge is -2.62. The smallest absolute Gasteiger partial charge is 0.0841 e. The van der Waals surface area contributed by atoms with E-state index in [1.54, 1.807) is 0 Å². The van der Waals surface area contributed by atoms with Gasteiger partial charge in [0.1, 0.15) is 0 Å². The summed E-state index contributed by atoms with van der Waals surface area (Å²) in [5, 5.41) is 10.7. The minimum atomic E-state index is -0.273. The number of rotatable bonds is 1. The van der Waals surface area contributed by atoms with E-state index >= 15 is 0 Å². The van der Waals surface area contributed by atoms with Gasteiger partial charge in [-0.05, 0) is 33.6 Å². The van der Waals surface area contributed by atoms with Gasteiger partial charge in [-0.2, -0.15) is 0 Å². The van der Waals surface area contributed by atoms with Crippen molar-refractivity contribution in [3.8, 4) is 0 Å². The zero-order valence-corrected chi connectivity index (χ0v) is 11.7. The van der Waals surface area contributed by atoms with Crippen LogP contribution in [0.3, 0.4) is 0 Å². The second-order valence-electron chi connectivity index (χ2n) is 6.75. The van der Waals surface area contributed by atoms with Crippen molar-refractivity contribution in [1.82, 2.24) is 4.90 Å². The van der Waals surface area contributed by atoms with Crippen molar-refractivity contribution in [3.05, 3.63) is 0 Å². The minimum Gasteiger partial charge on any atom is -0.391 e. The lowest BCUT2D eigenvalue weighted by atomic mass is 9.64. The van der Waals surface area contributed by atoms with Crippen LogP contribution in [0.4, 0.5) is 0 Å². The van der Waals surface area contributed by atoms with Crippen molar-refractivity contribution < 1.29 is 14.6 Å². The number of aliphatic hydroxyl groups excluding tert-OH is 1. The van der Waals surface area contributed by atoms with Gasteiger partial charge in [-0.1, -0.05) is 0 Å². The fourth-order valence-corrected chi connectivity index (χ4v) is 4.35. The van der Waals surface area contributed by atoms with Crippen LogP contribution in [0, 0.1) is 5.92 Å². The molecule has 104 valence electrons. The van der Waals surface area contributed by atoms with E-state index in [1.807, 2.05) is 0 Å². The lowest BCUT2D eigenvalue weighted by Crippen LogP contribution is -2.73. The Kier molecular flexibility index (Phi) is 2.98. The lowest BCUT2D eigenvalue weighted by molar-refractivity contribution is -0.298. The molecule has 1 N–H and O–H groups in total. The molecule has 18 heavy (non-hydrogen) atoms. The third-order valence-electron chi connectivity index (χ3n) is 5.14. The van der Waals surface area contributed by atoms with E-state index in [9.17, 15) is 5.11 Å². The van der Waals surface area contributed by atoms with Crippen LogP contribution in [-0.4, -0.2) is 59.7 Å². The van der Waals surface area contributed by atoms with Crippen molar-refractivity contribution in [1.29, 1.82) is 0 Å². The second kappa shape index (κ2) is 4.17. The number of nitrogens with zero attached hydrogens (tertiary/aromatic N) is 1. The summed E-state index contributed by atoms with van der Waals surface area (Å²) in [5.41, 5.74) is -0.412. The molecule has 0 aromatic rings. The van der Waals surface area contributed by atoms with Crippen LogP contribution in [0.1, 0.15) is 33.6 Å². The van der Waals surface area contributed by atoms with Gasteiger partial charge in [0.25, 0.3) is 0 Å². The second-order valence-corrected chi connectivity index (χ2v) is 6.75. The van der Waals surface area contributed by atoms with E-state index in [2.05, 4.69) is 25.7 Å². The number of morpholine rings is 1. The van der Waals surface area contributed by atoms with Gasteiger partial charge in [-0.25, -0.2) is 0 Å². The maximum Gasteiger partial charge on any atom is 0.0841 e. The molecule has 1 saturated carbocycles. The number of fused-ring (bicyclic) bond motifs is 3. The summed E-state index contributed by atoms with van der Waals surface area (Å²) in [4.78, 5) is 2.37. The highest BCUT2D eigenvalue weighted by Crippen LogP contribution is 2.51. The zero-order chi connectivity index (χ0) is 13.0. The first kappa shape index (κ1) is 12.9. The van der Waals surface area contributed by atoms with Crippen molar-refractivity contribution in [2.75, 3.05) is 26.3 Å². The summed E-state index contributed by atoms with van der Waals surface area (Å²) in [6.45, 7) is 9.78. The molecular weight excluding hydrogens is 230 g/mol. The molecule has 4 rings (SSSR count). The molecule has 0 aromatic carbocycles. The highest BCUT2D eigenvalue weighted by molar-refractivity contribution is 5.11. The number of ether oxygens (including phenoxy) is 2. The van der Waals surface area contributed by atoms with Gasteiger partial charge in [-0.15, -0.1) is 0 Å². The predicted molar refractivity (Wildman–Crippen MR) is 68.5 cm³/mol. The first-order chi connectivity index (χ1) is 8.44. The average Bonchev–Trinajstić information content (AvgIpc) is 2.27. The summed E-state index contributed by atoms with van der Waals surface area (Å²) in [5.74, 6) is 0.257. The Hall–Kier alpha value is -0.160.